The van der Waals surface area contributed by atoms with Crippen LogP contribution in [0, 0.1) is 5.41 Å². The van der Waals surface area contributed by atoms with Crippen LogP contribution in [0.4, 0.5) is 0 Å². The maximum Gasteiger partial charge on any atom is 0.0575 e. The van der Waals surface area contributed by atoms with Gasteiger partial charge < -0.3 is 10.0 Å². The van der Waals surface area contributed by atoms with Crippen LogP contribution in [-0.2, 0) is 6.54 Å². The molecular formula is C14H23NO. The molecule has 0 spiro atoms. The fourth-order valence-corrected chi connectivity index (χ4v) is 1.78. The molecule has 0 fully saturated rings. The predicted molar refractivity (Wildman–Crippen MR) is 68.2 cm³/mol. The molecule has 16 heavy (non-hydrogen) atoms. The average Bonchev–Trinajstić information content (AvgIpc) is 2.17. The summed E-state index contributed by atoms with van der Waals surface area (Å²) in [6.45, 7) is 7.87. The topological polar surface area (TPSA) is 23.5 Å². The molecule has 0 saturated carbocycles. The monoisotopic (exact) mass is 221 g/mol. The third kappa shape index (κ3) is 3.95. The summed E-state index contributed by atoms with van der Waals surface area (Å²) in [5.41, 5.74) is 1.25. The van der Waals surface area contributed by atoms with Gasteiger partial charge >= 0.3 is 0 Å². The van der Waals surface area contributed by atoms with Gasteiger partial charge in [0.15, 0.2) is 0 Å². The van der Waals surface area contributed by atoms with Crippen molar-refractivity contribution in [3.8, 4) is 0 Å². The Labute approximate surface area is 98.9 Å². The molecular weight excluding hydrogens is 198 g/mol. The highest BCUT2D eigenvalue weighted by atomic mass is 16.3. The molecule has 0 heterocycles. The van der Waals surface area contributed by atoms with E-state index in [-0.39, 0.29) is 11.5 Å². The van der Waals surface area contributed by atoms with Gasteiger partial charge in [-0.15, -0.1) is 0 Å². The third-order valence-electron chi connectivity index (χ3n) is 3.10. The van der Waals surface area contributed by atoms with Gasteiger partial charge in [-0.3, -0.25) is 0 Å². The molecule has 1 aromatic rings. The molecule has 1 unspecified atom stereocenters. The van der Waals surface area contributed by atoms with E-state index in [2.05, 4.69) is 50.1 Å². The first-order valence-electron chi connectivity index (χ1n) is 5.82. The van der Waals surface area contributed by atoms with E-state index in [1.54, 1.807) is 0 Å². The van der Waals surface area contributed by atoms with Gasteiger partial charge in [0, 0.05) is 18.5 Å². The largest absolute Gasteiger partial charge is 0.393 e. The number of hydrogen-bond acceptors (Lipinski definition) is 2. The Hall–Kier alpha value is -0.860. The zero-order chi connectivity index (χ0) is 12.2. The number of benzene rings is 1. The van der Waals surface area contributed by atoms with Gasteiger partial charge in [-0.1, -0.05) is 44.2 Å². The summed E-state index contributed by atoms with van der Waals surface area (Å²) in [6.07, 6.45) is -0.286. The molecule has 0 amide bonds. The van der Waals surface area contributed by atoms with Crippen LogP contribution in [0.2, 0.25) is 0 Å². The van der Waals surface area contributed by atoms with E-state index in [9.17, 15) is 5.11 Å². The van der Waals surface area contributed by atoms with Crippen molar-refractivity contribution < 1.29 is 5.11 Å². The van der Waals surface area contributed by atoms with Gasteiger partial charge in [0.2, 0.25) is 0 Å². The second kappa shape index (κ2) is 5.46. The summed E-state index contributed by atoms with van der Waals surface area (Å²) in [7, 11) is 2.09. The molecule has 2 nitrogen and oxygen atoms in total. The van der Waals surface area contributed by atoms with E-state index >= 15 is 0 Å². The summed E-state index contributed by atoms with van der Waals surface area (Å²) in [6, 6.07) is 10.4. The van der Waals surface area contributed by atoms with Gasteiger partial charge in [0.05, 0.1) is 6.10 Å². The lowest BCUT2D eigenvalue weighted by atomic mass is 9.87. The standard InChI is InChI=1S/C14H23NO/c1-12(16)14(2,3)11-15(4)10-13-8-6-5-7-9-13/h5-9,12,16H,10-11H2,1-4H3. The van der Waals surface area contributed by atoms with Crippen LogP contribution in [0.25, 0.3) is 0 Å². The first-order valence-corrected chi connectivity index (χ1v) is 5.82. The molecule has 0 aliphatic rings. The van der Waals surface area contributed by atoms with E-state index in [4.69, 9.17) is 0 Å². The molecule has 1 atom stereocenters. The highest BCUT2D eigenvalue weighted by molar-refractivity contribution is 5.14. The van der Waals surface area contributed by atoms with E-state index in [1.807, 2.05) is 13.0 Å². The van der Waals surface area contributed by atoms with Crippen molar-refractivity contribution in [2.75, 3.05) is 13.6 Å². The van der Waals surface area contributed by atoms with E-state index in [0.717, 1.165) is 13.1 Å². The van der Waals surface area contributed by atoms with Crippen LogP contribution in [0.3, 0.4) is 0 Å². The van der Waals surface area contributed by atoms with E-state index in [0.29, 0.717) is 0 Å². The van der Waals surface area contributed by atoms with Crippen molar-refractivity contribution in [2.24, 2.45) is 5.41 Å². The number of aliphatic hydroxyl groups is 1. The van der Waals surface area contributed by atoms with Crippen LogP contribution >= 0.6 is 0 Å². The van der Waals surface area contributed by atoms with E-state index in [1.165, 1.54) is 5.56 Å². The van der Waals surface area contributed by atoms with Crippen LogP contribution in [0.1, 0.15) is 26.3 Å². The molecule has 1 N–H and O–H groups in total. The van der Waals surface area contributed by atoms with Gasteiger partial charge in [-0.05, 0) is 19.5 Å². The van der Waals surface area contributed by atoms with E-state index < -0.39 is 0 Å². The normalized spacial score (nSPS) is 14.1. The molecule has 1 aromatic carbocycles. The van der Waals surface area contributed by atoms with Crippen molar-refractivity contribution in [3.63, 3.8) is 0 Å². The summed E-state index contributed by atoms with van der Waals surface area (Å²) in [5, 5.41) is 9.67. The van der Waals surface area contributed by atoms with Crippen molar-refractivity contribution >= 4 is 0 Å². The van der Waals surface area contributed by atoms with Crippen LogP contribution in [0.5, 0.6) is 0 Å². The highest BCUT2D eigenvalue weighted by Gasteiger charge is 2.25. The zero-order valence-corrected chi connectivity index (χ0v) is 10.8. The van der Waals surface area contributed by atoms with Gasteiger partial charge in [-0.2, -0.15) is 0 Å². The second-order valence-corrected chi connectivity index (χ2v) is 5.32. The third-order valence-corrected chi connectivity index (χ3v) is 3.10. The summed E-state index contributed by atoms with van der Waals surface area (Å²) < 4.78 is 0. The van der Waals surface area contributed by atoms with Crippen LogP contribution < -0.4 is 0 Å². The lowest BCUT2D eigenvalue weighted by Crippen LogP contribution is -2.38. The fraction of sp³-hybridized carbons (Fsp3) is 0.571. The molecule has 0 radical (unpaired) electrons. The Balaban J connectivity index is 2.51. The Bertz CT molecular complexity index is 306. The number of hydrogen-bond donors (Lipinski definition) is 1. The smallest absolute Gasteiger partial charge is 0.0575 e. The fourth-order valence-electron chi connectivity index (χ4n) is 1.78. The Morgan fingerprint density at radius 2 is 1.81 bits per heavy atom. The minimum atomic E-state index is -0.286. The molecule has 2 heteroatoms. The molecule has 90 valence electrons. The Morgan fingerprint density at radius 3 is 2.31 bits per heavy atom. The number of rotatable bonds is 5. The van der Waals surface area contributed by atoms with Gasteiger partial charge in [0.1, 0.15) is 0 Å². The lowest BCUT2D eigenvalue weighted by Gasteiger charge is -2.32. The van der Waals surface area contributed by atoms with Crippen LogP contribution in [-0.4, -0.2) is 29.7 Å². The molecule has 0 aliphatic carbocycles. The highest BCUT2D eigenvalue weighted by Crippen LogP contribution is 2.22. The molecule has 0 bridgehead atoms. The maximum absolute atomic E-state index is 9.67. The lowest BCUT2D eigenvalue weighted by molar-refractivity contribution is 0.0392. The van der Waals surface area contributed by atoms with Crippen molar-refractivity contribution in [1.29, 1.82) is 0 Å². The molecule has 0 aliphatic heterocycles. The maximum atomic E-state index is 9.67. The van der Waals surface area contributed by atoms with Gasteiger partial charge in [-0.25, -0.2) is 0 Å². The summed E-state index contributed by atoms with van der Waals surface area (Å²) in [5.74, 6) is 0. The predicted octanol–water partition coefficient (Wildman–Crippen LogP) is 2.53. The van der Waals surface area contributed by atoms with Crippen LogP contribution in [0.15, 0.2) is 30.3 Å². The quantitative estimate of drug-likeness (QED) is 0.826. The summed E-state index contributed by atoms with van der Waals surface area (Å²) in [4.78, 5) is 2.25. The average molecular weight is 221 g/mol. The zero-order valence-electron chi connectivity index (χ0n) is 10.8. The Morgan fingerprint density at radius 1 is 1.25 bits per heavy atom. The van der Waals surface area contributed by atoms with Crippen molar-refractivity contribution in [2.45, 2.75) is 33.4 Å². The Kier molecular flexibility index (Phi) is 4.51. The SMILES string of the molecule is CC(O)C(C)(C)CN(C)Cc1ccccc1. The minimum absolute atomic E-state index is 0.0659. The molecule has 0 saturated heterocycles. The minimum Gasteiger partial charge on any atom is -0.393 e. The number of aliphatic hydroxyl groups excluding tert-OH is 1. The first kappa shape index (κ1) is 13.2. The number of nitrogens with zero attached hydrogens (tertiary/aromatic N) is 1. The molecule has 1 rings (SSSR count). The molecule has 0 aromatic heterocycles. The second-order valence-electron chi connectivity index (χ2n) is 5.32. The first-order chi connectivity index (χ1) is 7.42. The van der Waals surface area contributed by atoms with Crippen molar-refractivity contribution in [3.05, 3.63) is 35.9 Å². The van der Waals surface area contributed by atoms with Gasteiger partial charge in [0.25, 0.3) is 0 Å². The van der Waals surface area contributed by atoms with Crippen molar-refractivity contribution in [1.82, 2.24) is 4.90 Å². The summed E-state index contributed by atoms with van der Waals surface area (Å²) >= 11 is 0.